The summed E-state index contributed by atoms with van der Waals surface area (Å²) in [7, 11) is -31.1. The van der Waals surface area contributed by atoms with Gasteiger partial charge in [0, 0.05) is 40.8 Å². The predicted molar refractivity (Wildman–Crippen MR) is 347 cm³/mol. The van der Waals surface area contributed by atoms with Crippen molar-refractivity contribution < 1.29 is 97.9 Å². The quantitative estimate of drug-likeness (QED) is 0.00993. The number of azo groups is 2. The van der Waals surface area contributed by atoms with E-state index in [9.17, 15) is 97.9 Å². The molecule has 1 amide bonds. The van der Waals surface area contributed by atoms with Crippen molar-refractivity contribution in [3.63, 3.8) is 0 Å². The molecule has 9 rings (SSSR count). The van der Waals surface area contributed by atoms with Crippen LogP contribution in [0.3, 0.4) is 0 Å². The van der Waals surface area contributed by atoms with Crippen molar-refractivity contribution in [2.24, 2.45) is 20.5 Å². The van der Waals surface area contributed by atoms with Gasteiger partial charge < -0.3 is 47.2 Å². The maximum atomic E-state index is 12.8. The summed E-state index contributed by atoms with van der Waals surface area (Å²) in [6, 6.07) is 17.8. The molecule has 0 aliphatic carbocycles. The molecule has 0 atom stereocenters. The molecule has 0 aliphatic rings. The van der Waals surface area contributed by atoms with Crippen LogP contribution >= 0.6 is 0 Å². The highest BCUT2D eigenvalue weighted by atomic mass is 32.2. The normalized spacial score (nSPS) is 12.5. The lowest BCUT2D eigenvalue weighted by atomic mass is 10.1. The van der Waals surface area contributed by atoms with Gasteiger partial charge >= 0.3 is 6.01 Å². The number of benzene rings is 7. The Kier molecular flexibility index (Phi) is 20.6. The molecule has 0 spiro atoms. The van der Waals surface area contributed by atoms with Crippen LogP contribution in [0.4, 0.5) is 75.2 Å². The molecule has 0 radical (unpaired) electrons. The number of nitrogens with one attached hydrogen (secondary N) is 6. The van der Waals surface area contributed by atoms with Crippen LogP contribution in [0.15, 0.2) is 171 Å². The zero-order valence-corrected chi connectivity index (χ0v) is 54.5. The zero-order chi connectivity index (χ0) is 71.5. The number of phenolic OH excluding ortho intramolecular Hbond substituents is 2. The van der Waals surface area contributed by atoms with Gasteiger partial charge in [0.2, 0.25) is 35.6 Å². The molecule has 514 valence electrons. The Bertz CT molecular complexity index is 5530. The molecule has 0 bridgehead atoms. The molecular weight excluding hydrogens is 1420 g/mol. The van der Waals surface area contributed by atoms with Crippen LogP contribution < -0.4 is 31.9 Å². The highest BCUT2D eigenvalue weighted by Gasteiger charge is 2.29. The smallest absolute Gasteiger partial charge is 0.320 e. The van der Waals surface area contributed by atoms with Crippen molar-refractivity contribution in [2.75, 3.05) is 39.7 Å². The third-order valence-electron chi connectivity index (χ3n) is 13.4. The summed E-state index contributed by atoms with van der Waals surface area (Å²) in [4.78, 5) is 31.1. The number of hydrogen-bond acceptors (Lipinski definition) is 31. The van der Waals surface area contributed by atoms with E-state index in [2.05, 4.69) is 88.8 Å². The van der Waals surface area contributed by atoms with Gasteiger partial charge in [0.25, 0.3) is 60.7 Å². The molecule has 7 aromatic carbocycles. The topological polar surface area (TPSA) is 603 Å². The number of aromatic hydroxyl groups is 3. The molecule has 38 nitrogen and oxygen atoms in total. The molecule has 15 N–H and O–H groups in total. The molecular formula is C54H50N16O22S6. The number of phenols is 2. The molecule has 2 aromatic heterocycles. The number of fused-ring (bicyclic) bond motifs is 2. The van der Waals surface area contributed by atoms with E-state index in [1.165, 1.54) is 48.5 Å². The van der Waals surface area contributed by atoms with Crippen LogP contribution in [0.2, 0.25) is 0 Å². The second-order valence-corrected chi connectivity index (χ2v) is 28.9. The van der Waals surface area contributed by atoms with Crippen molar-refractivity contribution in [1.29, 1.82) is 0 Å². The van der Waals surface area contributed by atoms with Crippen molar-refractivity contribution >= 4 is 163 Å². The Hall–Kier alpha value is -10.7. The second kappa shape index (κ2) is 28.2. The zero-order valence-electron chi connectivity index (χ0n) is 49.6. The van der Waals surface area contributed by atoms with Crippen LogP contribution in [-0.2, 0) is 65.5 Å². The SMILES string of the molecule is C=C(C)C(=O)NCCCCCCNc1nc(Nc2ccc(Nc3nc(O)nc(Nc4cc(S(=O)(=O)O)cc5cc(S(=O)(=O)O)c(N=Nc6ccccc6S(=O)(=O)O)c(O)c45)n3)cc2)nc(Nc2cc(S(=O)(=O)O)cc3cc(S(=O)(=O)O)c(N=Nc4ccccc4S(=O)(=O)O)c(O)c23)n1. The first-order valence-electron chi connectivity index (χ1n) is 27.4. The third-order valence-corrected chi connectivity index (χ3v) is 18.6. The van der Waals surface area contributed by atoms with Crippen LogP contribution in [0, 0.1) is 0 Å². The summed E-state index contributed by atoms with van der Waals surface area (Å²) in [5.74, 6) is -4.46. The van der Waals surface area contributed by atoms with Gasteiger partial charge in [0.1, 0.15) is 42.3 Å². The Balaban J connectivity index is 1.04. The number of aromatic nitrogens is 6. The number of rotatable bonds is 27. The van der Waals surface area contributed by atoms with Crippen LogP contribution in [0.5, 0.6) is 17.5 Å². The lowest BCUT2D eigenvalue weighted by Crippen LogP contribution is -2.24. The van der Waals surface area contributed by atoms with Crippen LogP contribution in [0.1, 0.15) is 32.6 Å². The van der Waals surface area contributed by atoms with E-state index in [0.717, 1.165) is 36.4 Å². The number of carbonyl (C=O) groups is 1. The third kappa shape index (κ3) is 17.5. The van der Waals surface area contributed by atoms with Crippen molar-refractivity contribution in [3.8, 4) is 17.5 Å². The lowest BCUT2D eigenvalue weighted by Gasteiger charge is -2.16. The summed E-state index contributed by atoms with van der Waals surface area (Å²) in [5, 5.41) is 63.7. The largest absolute Gasteiger partial charge is 0.505 e. The monoisotopic (exact) mass is 1470 g/mol. The van der Waals surface area contributed by atoms with Gasteiger partial charge in [-0.05, 0) is 115 Å². The number of amides is 1. The average Bonchev–Trinajstić information content (AvgIpc) is 0.752. The van der Waals surface area contributed by atoms with E-state index in [1.807, 2.05) is 0 Å². The Morgan fingerprint density at radius 3 is 1.19 bits per heavy atom. The molecule has 0 fully saturated rings. The summed E-state index contributed by atoms with van der Waals surface area (Å²) in [5.41, 5.74) is -3.50. The molecule has 0 unspecified atom stereocenters. The number of unbranched alkanes of at least 4 members (excludes halogenated alkanes) is 3. The lowest BCUT2D eigenvalue weighted by molar-refractivity contribution is -0.117. The molecule has 44 heteroatoms. The van der Waals surface area contributed by atoms with E-state index in [4.69, 9.17) is 0 Å². The van der Waals surface area contributed by atoms with Gasteiger partial charge in [-0.25, -0.2) is 0 Å². The molecule has 2 heterocycles. The minimum Gasteiger partial charge on any atom is -0.505 e. The molecule has 0 saturated heterocycles. The number of hydrogen-bond donors (Lipinski definition) is 15. The molecule has 9 aromatic rings. The number of anilines is 9. The summed E-state index contributed by atoms with van der Waals surface area (Å²) >= 11 is 0. The second-order valence-electron chi connectivity index (χ2n) is 20.5. The van der Waals surface area contributed by atoms with Crippen molar-refractivity contribution in [1.82, 2.24) is 35.2 Å². The molecule has 0 saturated carbocycles. The first kappa shape index (κ1) is 71.6. The van der Waals surface area contributed by atoms with Crippen molar-refractivity contribution in [3.05, 3.63) is 121 Å². The van der Waals surface area contributed by atoms with Gasteiger partial charge in [0.15, 0.2) is 11.5 Å². The average molecular weight is 1470 g/mol. The van der Waals surface area contributed by atoms with Gasteiger partial charge in [-0.2, -0.15) is 80.4 Å². The van der Waals surface area contributed by atoms with E-state index in [0.29, 0.717) is 62.1 Å². The number of nitrogens with zero attached hydrogens (tertiary/aromatic N) is 10. The summed E-state index contributed by atoms with van der Waals surface area (Å²) < 4.78 is 210. The Morgan fingerprint density at radius 2 is 0.796 bits per heavy atom. The van der Waals surface area contributed by atoms with Crippen molar-refractivity contribution in [2.45, 2.75) is 62.0 Å². The van der Waals surface area contributed by atoms with Gasteiger partial charge in [-0.3, -0.25) is 32.1 Å². The van der Waals surface area contributed by atoms with E-state index < -0.39 is 181 Å². The van der Waals surface area contributed by atoms with E-state index in [-0.39, 0.29) is 35.7 Å². The Labute approximate surface area is 554 Å². The summed E-state index contributed by atoms with van der Waals surface area (Å²) in [6.45, 7) is 5.79. The maximum absolute atomic E-state index is 12.8. The molecule has 98 heavy (non-hydrogen) atoms. The number of carbonyl (C=O) groups excluding carboxylic acids is 1. The minimum absolute atomic E-state index is 0.141. The summed E-state index contributed by atoms with van der Waals surface area (Å²) in [6.07, 6.45) is 2.48. The fourth-order valence-electron chi connectivity index (χ4n) is 9.06. The van der Waals surface area contributed by atoms with E-state index in [1.54, 1.807) is 6.92 Å². The predicted octanol–water partition coefficient (Wildman–Crippen LogP) is 8.43. The minimum atomic E-state index is -5.41. The van der Waals surface area contributed by atoms with E-state index >= 15 is 0 Å². The fourth-order valence-corrected chi connectivity index (χ4v) is 12.7. The first-order valence-corrected chi connectivity index (χ1v) is 36.1. The Morgan fingerprint density at radius 1 is 0.429 bits per heavy atom. The standard InChI is InChI=1S/C54H50N16O22S6/c1-27(2)48(73)55-19-9-3-4-10-20-56-49-61-50(63-52(62-49)59-36-25-32(93(75,76)77)21-28-23-40(97(87,88)89)44(46(71)42(28)36)69-67-34-11-5-7-13-38(34)95(81,82)83)57-30-15-17-31(18-16-30)58-51-64-53(66-54(74)65-51)60-37-26-33(94(78,79)80)22-29-24-41(98(90,91)92)45(47(72)43(29)37)70-68-35-12-6-8-14-39(35)96(84,85)86/h5-8,11-18,21-26,71-72H,1,3-4,9-10,19-20H2,2H3,(H,55,73)(H,75,76,77)(H,78,79,80)(H,81,82,83)(H,84,85,86)(H,87,88,89)(H,90,91,92)(H3,56,57,59,61,62,63)(H3,58,60,64,65,66,74). The highest BCUT2D eigenvalue weighted by molar-refractivity contribution is 7.87. The van der Waals surface area contributed by atoms with Crippen LogP contribution in [-0.4, -0.2) is 142 Å². The van der Waals surface area contributed by atoms with Gasteiger partial charge in [-0.15, -0.1) is 20.5 Å². The highest BCUT2D eigenvalue weighted by Crippen LogP contribution is 2.48. The van der Waals surface area contributed by atoms with Crippen LogP contribution in [0.25, 0.3) is 21.5 Å². The van der Waals surface area contributed by atoms with Gasteiger partial charge in [-0.1, -0.05) is 43.7 Å². The first-order chi connectivity index (χ1) is 45.8. The fraction of sp³-hybridized carbons (Fsp3) is 0.130. The van der Waals surface area contributed by atoms with Gasteiger partial charge in [0.05, 0.1) is 21.2 Å². The molecule has 0 aliphatic heterocycles. The maximum Gasteiger partial charge on any atom is 0.320 e.